The third kappa shape index (κ3) is 3.31. The Bertz CT molecular complexity index is 387. The molecule has 86 valence electrons. The van der Waals surface area contributed by atoms with Gasteiger partial charge >= 0.3 is 0 Å². The van der Waals surface area contributed by atoms with Crippen LogP contribution in [0.4, 0.5) is 5.69 Å². The van der Waals surface area contributed by atoms with E-state index in [1.165, 1.54) is 5.56 Å². The molecule has 1 aromatic carbocycles. The molecule has 3 nitrogen and oxygen atoms in total. The van der Waals surface area contributed by atoms with Gasteiger partial charge in [-0.1, -0.05) is 29.9 Å². The van der Waals surface area contributed by atoms with Crippen molar-refractivity contribution in [1.82, 2.24) is 0 Å². The van der Waals surface area contributed by atoms with Crippen LogP contribution in [-0.4, -0.2) is 17.4 Å². The fourth-order valence-corrected chi connectivity index (χ4v) is 1.60. The molecule has 0 spiro atoms. The number of hydrogen-bond donors (Lipinski definition) is 1. The molecule has 0 aliphatic carbocycles. The molecule has 0 fully saturated rings. The van der Waals surface area contributed by atoms with Gasteiger partial charge in [0.2, 0.25) is 5.91 Å². The van der Waals surface area contributed by atoms with Crippen molar-refractivity contribution in [3.63, 3.8) is 0 Å². The van der Waals surface area contributed by atoms with Crippen LogP contribution < -0.4 is 10.6 Å². The van der Waals surface area contributed by atoms with Crippen LogP contribution in [0.3, 0.4) is 0 Å². The number of carbonyl (C=O) groups is 1. The van der Waals surface area contributed by atoms with E-state index in [1.54, 1.807) is 4.90 Å². The van der Waals surface area contributed by atoms with E-state index < -0.39 is 0 Å². The second kappa shape index (κ2) is 5.61. The fourth-order valence-electron chi connectivity index (χ4n) is 1.47. The zero-order chi connectivity index (χ0) is 12.1. The lowest BCUT2D eigenvalue weighted by Crippen LogP contribution is -2.33. The quantitative estimate of drug-likeness (QED) is 0.814. The summed E-state index contributed by atoms with van der Waals surface area (Å²) in [6, 6.07) is 7.81. The van der Waals surface area contributed by atoms with Gasteiger partial charge in [-0.2, -0.15) is 0 Å². The van der Waals surface area contributed by atoms with Crippen LogP contribution in [0.2, 0.25) is 0 Å². The summed E-state index contributed by atoms with van der Waals surface area (Å²) in [5.74, 6) is -0.0566. The summed E-state index contributed by atoms with van der Waals surface area (Å²) in [5, 5.41) is 0. The summed E-state index contributed by atoms with van der Waals surface area (Å²) in [6.45, 7) is 4.55. The van der Waals surface area contributed by atoms with Crippen molar-refractivity contribution < 1.29 is 4.79 Å². The van der Waals surface area contributed by atoms with E-state index >= 15 is 0 Å². The van der Waals surface area contributed by atoms with Gasteiger partial charge in [0.25, 0.3) is 0 Å². The van der Waals surface area contributed by atoms with Crippen molar-refractivity contribution >= 4 is 28.8 Å². The van der Waals surface area contributed by atoms with Gasteiger partial charge < -0.3 is 10.6 Å². The van der Waals surface area contributed by atoms with Crippen molar-refractivity contribution in [2.45, 2.75) is 20.3 Å². The summed E-state index contributed by atoms with van der Waals surface area (Å²) in [7, 11) is 0. The molecule has 16 heavy (non-hydrogen) atoms. The number of nitrogens with zero attached hydrogens (tertiary/aromatic N) is 1. The molecule has 0 radical (unpaired) electrons. The molecule has 0 heterocycles. The Morgan fingerprint density at radius 1 is 1.38 bits per heavy atom. The van der Waals surface area contributed by atoms with Crippen molar-refractivity contribution in [3.05, 3.63) is 29.8 Å². The first kappa shape index (κ1) is 12.6. The van der Waals surface area contributed by atoms with Gasteiger partial charge in [-0.05, 0) is 26.0 Å². The molecule has 1 rings (SSSR count). The Morgan fingerprint density at radius 2 is 1.94 bits per heavy atom. The molecule has 0 bridgehead atoms. The molecule has 0 aliphatic heterocycles. The highest BCUT2D eigenvalue weighted by atomic mass is 32.1. The summed E-state index contributed by atoms with van der Waals surface area (Å²) in [6.07, 6.45) is 0.122. The Kier molecular flexibility index (Phi) is 4.43. The number of hydrogen-bond acceptors (Lipinski definition) is 2. The molecule has 0 atom stereocenters. The predicted octanol–water partition coefficient (Wildman–Crippen LogP) is 2.02. The number of thiocarbonyl (C=S) groups is 1. The first-order valence-corrected chi connectivity index (χ1v) is 5.60. The standard InChI is InChI=1S/C12H16N2OS/c1-3-14(12(15)8-11(13)16)10-6-4-9(2)5-7-10/h4-7H,3,8H2,1-2H3,(H2,13,16). The molecular formula is C12H16N2OS. The molecule has 0 unspecified atom stereocenters. The van der Waals surface area contributed by atoms with E-state index in [9.17, 15) is 4.79 Å². The lowest BCUT2D eigenvalue weighted by Gasteiger charge is -2.20. The number of carbonyl (C=O) groups excluding carboxylic acids is 1. The average Bonchev–Trinajstić information content (AvgIpc) is 2.21. The molecule has 2 N–H and O–H groups in total. The van der Waals surface area contributed by atoms with Gasteiger partial charge in [0.15, 0.2) is 0 Å². The highest BCUT2D eigenvalue weighted by Gasteiger charge is 2.14. The van der Waals surface area contributed by atoms with Crippen LogP contribution in [0.25, 0.3) is 0 Å². The zero-order valence-electron chi connectivity index (χ0n) is 9.56. The van der Waals surface area contributed by atoms with E-state index in [0.29, 0.717) is 6.54 Å². The SMILES string of the molecule is CCN(C(=O)CC(N)=S)c1ccc(C)cc1. The minimum Gasteiger partial charge on any atom is -0.393 e. The topological polar surface area (TPSA) is 46.3 Å². The molecule has 0 saturated carbocycles. The Hall–Kier alpha value is -1.42. The molecule has 0 saturated heterocycles. The van der Waals surface area contributed by atoms with Crippen molar-refractivity contribution in [1.29, 1.82) is 0 Å². The smallest absolute Gasteiger partial charge is 0.233 e. The summed E-state index contributed by atoms with van der Waals surface area (Å²) >= 11 is 4.74. The Balaban J connectivity index is 2.85. The van der Waals surface area contributed by atoms with Crippen LogP contribution in [0, 0.1) is 6.92 Å². The summed E-state index contributed by atoms with van der Waals surface area (Å²) in [4.78, 5) is 13.7. The predicted molar refractivity (Wildman–Crippen MR) is 70.6 cm³/mol. The van der Waals surface area contributed by atoms with Gasteiger partial charge in [-0.25, -0.2) is 0 Å². The normalized spacial score (nSPS) is 9.88. The van der Waals surface area contributed by atoms with Crippen LogP contribution in [0.15, 0.2) is 24.3 Å². The van der Waals surface area contributed by atoms with Gasteiger partial charge in [0, 0.05) is 12.2 Å². The summed E-state index contributed by atoms with van der Waals surface area (Å²) in [5.41, 5.74) is 7.42. The van der Waals surface area contributed by atoms with E-state index in [2.05, 4.69) is 0 Å². The number of nitrogens with two attached hydrogens (primary N) is 1. The highest BCUT2D eigenvalue weighted by Crippen LogP contribution is 2.15. The largest absolute Gasteiger partial charge is 0.393 e. The molecule has 1 amide bonds. The third-order valence-corrected chi connectivity index (χ3v) is 2.43. The Morgan fingerprint density at radius 3 is 2.38 bits per heavy atom. The van der Waals surface area contributed by atoms with Crippen LogP contribution in [0.1, 0.15) is 18.9 Å². The molecule has 4 heteroatoms. The van der Waals surface area contributed by atoms with E-state index in [0.717, 1.165) is 5.69 Å². The number of benzene rings is 1. The maximum atomic E-state index is 11.8. The van der Waals surface area contributed by atoms with E-state index in [-0.39, 0.29) is 17.3 Å². The maximum Gasteiger partial charge on any atom is 0.233 e. The third-order valence-electron chi connectivity index (χ3n) is 2.29. The first-order chi connectivity index (χ1) is 7.54. The molecule has 0 aromatic heterocycles. The van der Waals surface area contributed by atoms with Crippen molar-refractivity contribution in [2.24, 2.45) is 5.73 Å². The monoisotopic (exact) mass is 236 g/mol. The lowest BCUT2D eigenvalue weighted by atomic mass is 10.2. The van der Waals surface area contributed by atoms with E-state index in [1.807, 2.05) is 38.1 Å². The first-order valence-electron chi connectivity index (χ1n) is 5.20. The molecule has 0 aliphatic rings. The van der Waals surface area contributed by atoms with Crippen molar-refractivity contribution in [3.8, 4) is 0 Å². The van der Waals surface area contributed by atoms with Crippen LogP contribution in [0.5, 0.6) is 0 Å². The zero-order valence-corrected chi connectivity index (χ0v) is 10.4. The number of amides is 1. The van der Waals surface area contributed by atoms with Gasteiger partial charge in [0.05, 0.1) is 11.4 Å². The summed E-state index contributed by atoms with van der Waals surface area (Å²) < 4.78 is 0. The molecule has 1 aromatic rings. The highest BCUT2D eigenvalue weighted by molar-refractivity contribution is 7.80. The van der Waals surface area contributed by atoms with Gasteiger partial charge in [0.1, 0.15) is 0 Å². The number of aryl methyl sites for hydroxylation is 1. The fraction of sp³-hybridized carbons (Fsp3) is 0.333. The number of anilines is 1. The number of rotatable bonds is 4. The average molecular weight is 236 g/mol. The van der Waals surface area contributed by atoms with Crippen LogP contribution >= 0.6 is 12.2 Å². The lowest BCUT2D eigenvalue weighted by molar-refractivity contribution is -0.117. The molecular weight excluding hydrogens is 220 g/mol. The van der Waals surface area contributed by atoms with E-state index in [4.69, 9.17) is 18.0 Å². The van der Waals surface area contributed by atoms with Gasteiger partial charge in [-0.3, -0.25) is 4.79 Å². The minimum absolute atomic E-state index is 0.0566. The van der Waals surface area contributed by atoms with Gasteiger partial charge in [-0.15, -0.1) is 0 Å². The second-order valence-corrected chi connectivity index (χ2v) is 4.14. The second-order valence-electron chi connectivity index (χ2n) is 3.62. The van der Waals surface area contributed by atoms with Crippen molar-refractivity contribution in [2.75, 3.05) is 11.4 Å². The Labute approximate surface area is 101 Å². The maximum absolute atomic E-state index is 11.8. The van der Waals surface area contributed by atoms with Crippen LogP contribution in [-0.2, 0) is 4.79 Å². The minimum atomic E-state index is -0.0566.